The fourth-order valence-corrected chi connectivity index (χ4v) is 1.84. The molecule has 2 rings (SSSR count). The molecule has 1 heterocycles. The van der Waals surface area contributed by atoms with Gasteiger partial charge >= 0.3 is 0 Å². The van der Waals surface area contributed by atoms with Gasteiger partial charge < -0.3 is 10.1 Å². The zero-order valence-electron chi connectivity index (χ0n) is 11.3. The van der Waals surface area contributed by atoms with Crippen molar-refractivity contribution < 1.29 is 9.53 Å². The average Bonchev–Trinajstić information content (AvgIpc) is 2.84. The molecule has 5 nitrogen and oxygen atoms in total. The van der Waals surface area contributed by atoms with E-state index in [1.54, 1.807) is 24.1 Å². The SMILES string of the molecule is COc1cccc(NC(=O)C(C)n2nccc2C)c1. The minimum absolute atomic E-state index is 0.111. The molecule has 0 fully saturated rings. The Balaban J connectivity index is 2.10. The van der Waals surface area contributed by atoms with Crippen LogP contribution in [0.4, 0.5) is 5.69 Å². The summed E-state index contributed by atoms with van der Waals surface area (Å²) in [5.41, 5.74) is 1.66. The van der Waals surface area contributed by atoms with Crippen molar-refractivity contribution in [3.63, 3.8) is 0 Å². The molecule has 0 saturated carbocycles. The Morgan fingerprint density at radius 1 is 1.42 bits per heavy atom. The van der Waals surface area contributed by atoms with Crippen molar-refractivity contribution in [2.75, 3.05) is 12.4 Å². The summed E-state index contributed by atoms with van der Waals surface area (Å²) in [6.45, 7) is 3.73. The second-order valence-electron chi connectivity index (χ2n) is 4.31. The molecule has 0 aliphatic carbocycles. The molecule has 5 heteroatoms. The van der Waals surface area contributed by atoms with Gasteiger partial charge in [-0.3, -0.25) is 9.48 Å². The van der Waals surface area contributed by atoms with Crippen molar-refractivity contribution in [2.24, 2.45) is 0 Å². The van der Waals surface area contributed by atoms with Gasteiger partial charge in [0.25, 0.3) is 0 Å². The summed E-state index contributed by atoms with van der Waals surface area (Å²) in [5, 5.41) is 7.00. The molecule has 1 amide bonds. The van der Waals surface area contributed by atoms with Crippen molar-refractivity contribution in [1.29, 1.82) is 0 Å². The summed E-state index contributed by atoms with van der Waals surface area (Å²) in [4.78, 5) is 12.1. The van der Waals surface area contributed by atoms with Crippen LogP contribution in [0.1, 0.15) is 18.7 Å². The smallest absolute Gasteiger partial charge is 0.248 e. The lowest BCUT2D eigenvalue weighted by Gasteiger charge is -2.14. The number of hydrogen-bond acceptors (Lipinski definition) is 3. The Bertz CT molecular complexity index is 578. The highest BCUT2D eigenvalue weighted by Gasteiger charge is 2.16. The standard InChI is InChI=1S/C14H17N3O2/c1-10-7-8-15-17(10)11(2)14(18)16-12-5-4-6-13(9-12)19-3/h4-9,11H,1-3H3,(H,16,18). The van der Waals surface area contributed by atoms with Gasteiger partial charge in [-0.1, -0.05) is 6.07 Å². The lowest BCUT2D eigenvalue weighted by Crippen LogP contribution is -2.25. The van der Waals surface area contributed by atoms with Crippen molar-refractivity contribution in [1.82, 2.24) is 9.78 Å². The van der Waals surface area contributed by atoms with Crippen LogP contribution in [0.5, 0.6) is 5.75 Å². The summed E-state index contributed by atoms with van der Waals surface area (Å²) in [6.07, 6.45) is 1.69. The van der Waals surface area contributed by atoms with E-state index in [-0.39, 0.29) is 11.9 Å². The highest BCUT2D eigenvalue weighted by Crippen LogP contribution is 2.18. The third-order valence-corrected chi connectivity index (χ3v) is 2.95. The lowest BCUT2D eigenvalue weighted by atomic mass is 10.2. The minimum atomic E-state index is -0.360. The Morgan fingerprint density at radius 2 is 2.21 bits per heavy atom. The van der Waals surface area contributed by atoms with Crippen LogP contribution < -0.4 is 10.1 Å². The molecule has 1 aromatic heterocycles. The molecule has 2 aromatic rings. The Morgan fingerprint density at radius 3 is 2.84 bits per heavy atom. The molecule has 1 atom stereocenters. The highest BCUT2D eigenvalue weighted by molar-refractivity contribution is 5.93. The first-order chi connectivity index (χ1) is 9.11. The summed E-state index contributed by atoms with van der Waals surface area (Å²) >= 11 is 0. The Labute approximate surface area is 112 Å². The minimum Gasteiger partial charge on any atom is -0.497 e. The average molecular weight is 259 g/mol. The lowest BCUT2D eigenvalue weighted by molar-refractivity contribution is -0.119. The number of aryl methyl sites for hydroxylation is 1. The summed E-state index contributed by atoms with van der Waals surface area (Å²) in [7, 11) is 1.59. The number of rotatable bonds is 4. The van der Waals surface area contributed by atoms with Crippen molar-refractivity contribution in [3.8, 4) is 5.75 Å². The van der Waals surface area contributed by atoms with E-state index in [1.807, 2.05) is 38.1 Å². The van der Waals surface area contributed by atoms with Crippen LogP contribution in [-0.2, 0) is 4.79 Å². The zero-order valence-corrected chi connectivity index (χ0v) is 11.3. The van der Waals surface area contributed by atoms with Crippen LogP contribution in [0.15, 0.2) is 36.5 Å². The van der Waals surface area contributed by atoms with Crippen LogP contribution >= 0.6 is 0 Å². The number of ether oxygens (including phenoxy) is 1. The number of hydrogen-bond donors (Lipinski definition) is 1. The summed E-state index contributed by atoms with van der Waals surface area (Å²) in [6, 6.07) is 8.77. The number of carbonyl (C=O) groups excluding carboxylic acids is 1. The van der Waals surface area contributed by atoms with Crippen LogP contribution in [-0.4, -0.2) is 22.8 Å². The molecular formula is C14H17N3O2. The first kappa shape index (κ1) is 13.1. The number of nitrogens with zero attached hydrogens (tertiary/aromatic N) is 2. The maximum Gasteiger partial charge on any atom is 0.248 e. The first-order valence-electron chi connectivity index (χ1n) is 6.07. The summed E-state index contributed by atoms with van der Waals surface area (Å²) in [5.74, 6) is 0.598. The zero-order chi connectivity index (χ0) is 13.8. The number of anilines is 1. The molecule has 0 aliphatic heterocycles. The van der Waals surface area contributed by atoms with Gasteiger partial charge in [0.05, 0.1) is 7.11 Å². The van der Waals surface area contributed by atoms with Gasteiger partial charge in [-0.2, -0.15) is 5.10 Å². The normalized spacial score (nSPS) is 11.9. The van der Waals surface area contributed by atoms with Crippen LogP contribution in [0.25, 0.3) is 0 Å². The second kappa shape index (κ2) is 5.56. The monoisotopic (exact) mass is 259 g/mol. The van der Waals surface area contributed by atoms with Gasteiger partial charge in [0.1, 0.15) is 11.8 Å². The molecule has 19 heavy (non-hydrogen) atoms. The molecule has 0 bridgehead atoms. The topological polar surface area (TPSA) is 56.1 Å². The number of methoxy groups -OCH3 is 1. The summed E-state index contributed by atoms with van der Waals surface area (Å²) < 4.78 is 6.81. The number of benzene rings is 1. The predicted octanol–water partition coefficient (Wildman–Crippen LogP) is 2.40. The fourth-order valence-electron chi connectivity index (χ4n) is 1.84. The van der Waals surface area contributed by atoms with E-state index in [1.165, 1.54) is 0 Å². The molecule has 1 unspecified atom stereocenters. The van der Waals surface area contributed by atoms with Gasteiger partial charge in [-0.05, 0) is 32.0 Å². The van der Waals surface area contributed by atoms with Crippen molar-refractivity contribution in [3.05, 3.63) is 42.2 Å². The van der Waals surface area contributed by atoms with E-state index < -0.39 is 0 Å². The first-order valence-corrected chi connectivity index (χ1v) is 6.07. The molecule has 0 spiro atoms. The van der Waals surface area contributed by atoms with E-state index in [4.69, 9.17) is 4.74 Å². The van der Waals surface area contributed by atoms with E-state index in [2.05, 4.69) is 10.4 Å². The number of nitrogens with one attached hydrogen (secondary N) is 1. The molecular weight excluding hydrogens is 242 g/mol. The predicted molar refractivity (Wildman–Crippen MR) is 73.3 cm³/mol. The molecule has 0 saturated heterocycles. The van der Waals surface area contributed by atoms with E-state index in [0.717, 1.165) is 5.69 Å². The Hall–Kier alpha value is -2.30. The number of carbonyl (C=O) groups is 1. The van der Waals surface area contributed by atoms with Gasteiger partial charge in [-0.15, -0.1) is 0 Å². The number of aromatic nitrogens is 2. The molecule has 1 N–H and O–H groups in total. The quantitative estimate of drug-likeness (QED) is 0.917. The maximum atomic E-state index is 12.1. The van der Waals surface area contributed by atoms with E-state index >= 15 is 0 Å². The van der Waals surface area contributed by atoms with E-state index in [0.29, 0.717) is 11.4 Å². The Kier molecular flexibility index (Phi) is 3.85. The van der Waals surface area contributed by atoms with Crippen molar-refractivity contribution in [2.45, 2.75) is 19.9 Å². The van der Waals surface area contributed by atoms with Crippen molar-refractivity contribution >= 4 is 11.6 Å². The molecule has 1 aromatic carbocycles. The second-order valence-corrected chi connectivity index (χ2v) is 4.31. The molecule has 0 radical (unpaired) electrons. The highest BCUT2D eigenvalue weighted by atomic mass is 16.5. The maximum absolute atomic E-state index is 12.1. The third-order valence-electron chi connectivity index (χ3n) is 2.95. The van der Waals surface area contributed by atoms with E-state index in [9.17, 15) is 4.79 Å². The molecule has 0 aliphatic rings. The molecule has 100 valence electrons. The number of amides is 1. The van der Waals surface area contributed by atoms with Gasteiger partial charge in [0, 0.05) is 23.6 Å². The fraction of sp³-hybridized carbons (Fsp3) is 0.286. The van der Waals surface area contributed by atoms with Gasteiger partial charge in [-0.25, -0.2) is 0 Å². The van der Waals surface area contributed by atoms with Gasteiger partial charge in [0.2, 0.25) is 5.91 Å². The van der Waals surface area contributed by atoms with Gasteiger partial charge in [0.15, 0.2) is 0 Å². The third kappa shape index (κ3) is 2.93. The largest absolute Gasteiger partial charge is 0.497 e. The van der Waals surface area contributed by atoms with Crippen LogP contribution in [0, 0.1) is 6.92 Å². The van der Waals surface area contributed by atoms with Crippen LogP contribution in [0.2, 0.25) is 0 Å². The van der Waals surface area contributed by atoms with Crippen LogP contribution in [0.3, 0.4) is 0 Å².